The fourth-order valence-corrected chi connectivity index (χ4v) is 6.82. The van der Waals surface area contributed by atoms with Gasteiger partial charge in [-0.15, -0.1) is 6.58 Å². The van der Waals surface area contributed by atoms with Crippen LogP contribution in [0.2, 0.25) is 0 Å². The minimum Gasteiger partial charge on any atom is -0.461 e. The maximum atomic E-state index is 13.2. The molecule has 0 spiro atoms. The molecule has 164 valence electrons. The van der Waals surface area contributed by atoms with Crippen LogP contribution in [0.15, 0.2) is 12.7 Å². The molecule has 3 fully saturated rings. The molecular weight excluding hydrogens is 370 g/mol. The second-order valence-electron chi connectivity index (χ2n) is 10.1. The van der Waals surface area contributed by atoms with Gasteiger partial charge in [0.2, 0.25) is 0 Å². The predicted molar refractivity (Wildman–Crippen MR) is 110 cm³/mol. The number of rotatable bonds is 5. The highest BCUT2D eigenvalue weighted by atomic mass is 16.5. The highest BCUT2D eigenvalue weighted by Gasteiger charge is 2.68. The maximum absolute atomic E-state index is 13.2. The largest absolute Gasteiger partial charge is 0.461 e. The number of ether oxygens (including phenoxy) is 1. The molecule has 5 N–H and O–H groups in total. The van der Waals surface area contributed by atoms with E-state index in [1.165, 1.54) is 0 Å². The predicted octanol–water partition coefficient (Wildman–Crippen LogP) is 1.86. The van der Waals surface area contributed by atoms with E-state index in [4.69, 9.17) is 10.6 Å². The van der Waals surface area contributed by atoms with E-state index in [9.17, 15) is 14.7 Å². The van der Waals surface area contributed by atoms with E-state index >= 15 is 0 Å². The van der Waals surface area contributed by atoms with Crippen molar-refractivity contribution < 1.29 is 19.4 Å². The Labute approximate surface area is 173 Å². The minimum absolute atomic E-state index is 0.0338. The number of ketones is 1. The first kappa shape index (κ1) is 22.4. The van der Waals surface area contributed by atoms with Gasteiger partial charge in [-0.05, 0) is 42.9 Å². The van der Waals surface area contributed by atoms with Gasteiger partial charge in [0.05, 0.1) is 6.10 Å². The maximum Gasteiger partial charge on any atom is 0.321 e. The molecule has 0 aromatic heterocycles. The summed E-state index contributed by atoms with van der Waals surface area (Å²) in [6, 6.07) is 0. The van der Waals surface area contributed by atoms with Crippen LogP contribution in [0, 0.1) is 34.0 Å². The molecule has 0 heterocycles. The topological polar surface area (TPSA) is 114 Å². The van der Waals surface area contributed by atoms with Crippen molar-refractivity contribution in [3.8, 4) is 0 Å². The minimum atomic E-state index is -0.656. The Morgan fingerprint density at radius 1 is 1.38 bits per heavy atom. The number of aliphatic hydroxyl groups is 1. The Balaban J connectivity index is 2.12. The van der Waals surface area contributed by atoms with Crippen LogP contribution in [0.5, 0.6) is 0 Å². The zero-order chi connectivity index (χ0) is 21.6. The van der Waals surface area contributed by atoms with Crippen LogP contribution in [-0.4, -0.2) is 35.6 Å². The van der Waals surface area contributed by atoms with E-state index in [1.807, 2.05) is 6.92 Å². The molecule has 0 aliphatic heterocycles. The van der Waals surface area contributed by atoms with Crippen LogP contribution < -0.4 is 16.8 Å². The molecule has 0 unspecified atom stereocenters. The zero-order valence-corrected chi connectivity index (χ0v) is 18.2. The molecule has 7 heteroatoms. The second-order valence-corrected chi connectivity index (χ2v) is 10.1. The molecule has 3 rings (SSSR count). The summed E-state index contributed by atoms with van der Waals surface area (Å²) in [4.78, 5) is 25.8. The lowest BCUT2D eigenvalue weighted by molar-refractivity contribution is -0.206. The van der Waals surface area contributed by atoms with Crippen LogP contribution in [0.3, 0.4) is 0 Å². The van der Waals surface area contributed by atoms with Crippen molar-refractivity contribution >= 4 is 11.8 Å². The van der Waals surface area contributed by atoms with Crippen LogP contribution >= 0.6 is 0 Å². The van der Waals surface area contributed by atoms with Crippen molar-refractivity contribution in [2.45, 2.75) is 72.0 Å². The van der Waals surface area contributed by atoms with Gasteiger partial charge < -0.3 is 9.84 Å². The van der Waals surface area contributed by atoms with Gasteiger partial charge in [-0.25, -0.2) is 5.43 Å². The molecule has 0 radical (unpaired) electrons. The van der Waals surface area contributed by atoms with Gasteiger partial charge in [-0.3, -0.25) is 15.4 Å². The summed E-state index contributed by atoms with van der Waals surface area (Å²) in [7, 11) is 0. The molecular formula is C22H37N3O4. The summed E-state index contributed by atoms with van der Waals surface area (Å²) in [5.74, 6) is 5.00. The SMILES string of the molecule is C=C[C@]1(C)C[C@@H](OC(=O)CNNN)[C@]2(C)[C@H](C)CC[C@]3(CCC(=O)[C@H]32)[C@@H](C)[C@@H]1O. The number of hydrogen-bond acceptors (Lipinski definition) is 7. The summed E-state index contributed by atoms with van der Waals surface area (Å²) in [6.07, 6.45) is 4.29. The lowest BCUT2D eigenvalue weighted by atomic mass is 9.44. The number of carbonyl (C=O) groups excluding carboxylic acids is 2. The van der Waals surface area contributed by atoms with Gasteiger partial charge >= 0.3 is 5.97 Å². The van der Waals surface area contributed by atoms with E-state index < -0.39 is 29.0 Å². The molecule has 3 aliphatic rings. The van der Waals surface area contributed by atoms with Gasteiger partial charge in [0.15, 0.2) is 0 Å². The van der Waals surface area contributed by atoms with Gasteiger partial charge in [0, 0.05) is 23.2 Å². The van der Waals surface area contributed by atoms with Crippen molar-refractivity contribution in [2.24, 2.45) is 39.8 Å². The lowest BCUT2D eigenvalue weighted by Crippen LogP contribution is -2.63. The standard InChI is InChI=1S/C22H37N3O4/c1-6-20(4)11-16(29-17(27)12-24-25-23)21(5)13(2)7-9-22(14(3)19(20)28)10-8-15(26)18(21)22/h6,13-14,16,18-19,24-25,28H,1,7-12,23H2,2-5H3/t13-,14+,16-,18+,19+,20-,21+,22+/m1/s1. The highest BCUT2D eigenvalue weighted by molar-refractivity contribution is 5.85. The van der Waals surface area contributed by atoms with Crippen molar-refractivity contribution in [1.82, 2.24) is 11.0 Å². The van der Waals surface area contributed by atoms with Crippen LogP contribution in [-0.2, 0) is 14.3 Å². The van der Waals surface area contributed by atoms with Crippen molar-refractivity contribution in [3.05, 3.63) is 12.7 Å². The zero-order valence-electron chi connectivity index (χ0n) is 18.2. The number of esters is 1. The van der Waals surface area contributed by atoms with Crippen LogP contribution in [0.4, 0.5) is 0 Å². The quantitative estimate of drug-likeness (QED) is 0.238. The third kappa shape index (κ3) is 3.26. The lowest BCUT2D eigenvalue weighted by Gasteiger charge is -2.61. The van der Waals surface area contributed by atoms with Gasteiger partial charge in [0.25, 0.3) is 0 Å². The third-order valence-electron chi connectivity index (χ3n) is 8.91. The second kappa shape index (κ2) is 7.76. The third-order valence-corrected chi connectivity index (χ3v) is 8.91. The number of hydrogen-bond donors (Lipinski definition) is 4. The van der Waals surface area contributed by atoms with E-state index in [0.29, 0.717) is 12.8 Å². The Bertz CT molecular complexity index is 685. The summed E-state index contributed by atoms with van der Waals surface area (Å²) < 4.78 is 6.01. The molecule has 0 aromatic rings. The Morgan fingerprint density at radius 2 is 2.07 bits per heavy atom. The van der Waals surface area contributed by atoms with Crippen molar-refractivity contribution in [2.75, 3.05) is 6.54 Å². The Hall–Kier alpha value is -1.28. The molecule has 29 heavy (non-hydrogen) atoms. The monoisotopic (exact) mass is 407 g/mol. The van der Waals surface area contributed by atoms with Gasteiger partial charge in [0.1, 0.15) is 18.4 Å². The molecule has 0 aromatic carbocycles. The number of Topliss-reactive ketones (excluding diaryl/α,β-unsaturated/α-hetero) is 1. The number of nitrogens with one attached hydrogen (secondary N) is 2. The van der Waals surface area contributed by atoms with E-state index in [0.717, 1.165) is 19.3 Å². The first-order chi connectivity index (χ1) is 13.6. The fraction of sp³-hybridized carbons (Fsp3) is 0.818. The summed E-state index contributed by atoms with van der Waals surface area (Å²) >= 11 is 0. The number of aliphatic hydroxyl groups excluding tert-OH is 1. The molecule has 3 aliphatic carbocycles. The average Bonchev–Trinajstić information content (AvgIpc) is 3.05. The van der Waals surface area contributed by atoms with Crippen LogP contribution in [0.1, 0.15) is 59.8 Å². The normalized spacial score (nSPS) is 47.1. The number of hydrazine groups is 2. The molecule has 7 nitrogen and oxygen atoms in total. The first-order valence-corrected chi connectivity index (χ1v) is 10.8. The smallest absolute Gasteiger partial charge is 0.321 e. The summed E-state index contributed by atoms with van der Waals surface area (Å²) in [5, 5.41) is 11.4. The summed E-state index contributed by atoms with van der Waals surface area (Å²) in [6.45, 7) is 12.3. The number of carbonyl (C=O) groups is 2. The highest BCUT2D eigenvalue weighted by Crippen LogP contribution is 2.67. The van der Waals surface area contributed by atoms with Crippen molar-refractivity contribution in [3.63, 3.8) is 0 Å². The number of nitrogens with two attached hydrogens (primary N) is 1. The molecule has 3 saturated carbocycles. The molecule has 8 atom stereocenters. The Morgan fingerprint density at radius 3 is 2.69 bits per heavy atom. The van der Waals surface area contributed by atoms with Gasteiger partial charge in [-0.2, -0.15) is 5.53 Å². The van der Waals surface area contributed by atoms with E-state index in [2.05, 4.69) is 38.3 Å². The van der Waals surface area contributed by atoms with E-state index in [1.54, 1.807) is 6.08 Å². The van der Waals surface area contributed by atoms with Gasteiger partial charge in [-0.1, -0.05) is 33.8 Å². The first-order valence-electron chi connectivity index (χ1n) is 10.8. The summed E-state index contributed by atoms with van der Waals surface area (Å²) in [5.41, 5.74) is 3.44. The average molecular weight is 408 g/mol. The van der Waals surface area contributed by atoms with Crippen LogP contribution in [0.25, 0.3) is 0 Å². The Kier molecular flexibility index (Phi) is 6.00. The molecule has 2 bridgehead atoms. The fourth-order valence-electron chi connectivity index (χ4n) is 6.82. The molecule has 0 amide bonds. The molecule has 0 saturated heterocycles. The van der Waals surface area contributed by atoms with E-state index in [-0.39, 0.29) is 35.5 Å². The van der Waals surface area contributed by atoms with Crippen molar-refractivity contribution in [1.29, 1.82) is 0 Å².